The van der Waals surface area contributed by atoms with E-state index in [-0.39, 0.29) is 18.7 Å². The van der Waals surface area contributed by atoms with Gasteiger partial charge in [-0.2, -0.15) is 13.2 Å². The second-order valence-electron chi connectivity index (χ2n) is 5.97. The van der Waals surface area contributed by atoms with E-state index in [4.69, 9.17) is 0 Å². The minimum atomic E-state index is -4.47. The van der Waals surface area contributed by atoms with Gasteiger partial charge in [0.15, 0.2) is 6.61 Å². The summed E-state index contributed by atoms with van der Waals surface area (Å²) in [6.45, 7) is -1.66. The Bertz CT molecular complexity index is 821. The molecule has 2 N–H and O–H groups in total. The maximum Gasteiger partial charge on any atom is 0.422 e. The quantitative estimate of drug-likeness (QED) is 0.668. The van der Waals surface area contributed by atoms with E-state index in [0.717, 1.165) is 12.1 Å². The standard InChI is InChI=1S/C19H17F4NO4/c20-14-6-4-13(5-7-14)16(18(26)27)10-24-17(25)9-12-2-1-3-15(8-12)28-11-19(21,22)23/h1-8,16H,9-11H2,(H,24,25)(H,26,27). The van der Waals surface area contributed by atoms with Crippen molar-refractivity contribution in [3.05, 3.63) is 65.5 Å². The molecule has 1 unspecified atom stereocenters. The molecule has 0 aliphatic carbocycles. The van der Waals surface area contributed by atoms with Gasteiger partial charge >= 0.3 is 12.1 Å². The van der Waals surface area contributed by atoms with Crippen LogP contribution in [-0.4, -0.2) is 36.3 Å². The Kier molecular flexibility index (Phi) is 6.97. The fraction of sp³-hybridized carbons (Fsp3) is 0.263. The van der Waals surface area contributed by atoms with Crippen LogP contribution in [-0.2, 0) is 16.0 Å². The third-order valence-corrected chi connectivity index (χ3v) is 3.74. The predicted octanol–water partition coefficient (Wildman–Crippen LogP) is 3.29. The third-order valence-electron chi connectivity index (χ3n) is 3.74. The zero-order chi connectivity index (χ0) is 20.7. The smallest absolute Gasteiger partial charge is 0.422 e. The molecule has 1 atom stereocenters. The lowest BCUT2D eigenvalue weighted by molar-refractivity contribution is -0.153. The van der Waals surface area contributed by atoms with Gasteiger partial charge in [-0.1, -0.05) is 24.3 Å². The number of halogens is 4. The number of alkyl halides is 3. The molecule has 0 radical (unpaired) electrons. The number of nitrogens with one attached hydrogen (secondary N) is 1. The number of carbonyl (C=O) groups excluding carboxylic acids is 1. The van der Waals surface area contributed by atoms with Crippen LogP contribution in [0, 0.1) is 5.82 Å². The summed E-state index contributed by atoms with van der Waals surface area (Å²) in [5.74, 6) is -3.30. The number of rotatable bonds is 8. The summed E-state index contributed by atoms with van der Waals surface area (Å²) in [6.07, 6.45) is -4.64. The summed E-state index contributed by atoms with van der Waals surface area (Å²) in [5, 5.41) is 11.8. The Morgan fingerprint density at radius 2 is 1.79 bits per heavy atom. The number of benzene rings is 2. The van der Waals surface area contributed by atoms with Crippen LogP contribution in [0.15, 0.2) is 48.5 Å². The molecule has 0 saturated heterocycles. The highest BCUT2D eigenvalue weighted by Crippen LogP contribution is 2.20. The number of amides is 1. The molecule has 1 amide bonds. The lowest BCUT2D eigenvalue weighted by atomic mass is 9.99. The minimum absolute atomic E-state index is 0.0302. The number of ether oxygens (including phenoxy) is 1. The van der Waals surface area contributed by atoms with Gasteiger partial charge in [0.2, 0.25) is 5.91 Å². The van der Waals surface area contributed by atoms with Crippen molar-refractivity contribution in [3.63, 3.8) is 0 Å². The first-order chi connectivity index (χ1) is 13.1. The zero-order valence-corrected chi connectivity index (χ0v) is 14.5. The molecular weight excluding hydrogens is 382 g/mol. The van der Waals surface area contributed by atoms with E-state index in [1.54, 1.807) is 0 Å². The van der Waals surface area contributed by atoms with Crippen LogP contribution in [0.25, 0.3) is 0 Å². The number of hydrogen-bond donors (Lipinski definition) is 2. The SMILES string of the molecule is O=C(Cc1cccc(OCC(F)(F)F)c1)NCC(C(=O)O)c1ccc(F)cc1. The molecule has 0 aliphatic heterocycles. The summed E-state index contributed by atoms with van der Waals surface area (Å²) in [5.41, 5.74) is 0.738. The Balaban J connectivity index is 1.94. The van der Waals surface area contributed by atoms with Crippen LogP contribution in [0.3, 0.4) is 0 Å². The molecule has 2 aromatic rings. The lowest BCUT2D eigenvalue weighted by Gasteiger charge is -2.14. The van der Waals surface area contributed by atoms with Gasteiger partial charge < -0.3 is 15.2 Å². The van der Waals surface area contributed by atoms with E-state index in [1.165, 1.54) is 36.4 Å². The van der Waals surface area contributed by atoms with E-state index < -0.39 is 36.4 Å². The van der Waals surface area contributed by atoms with Crippen molar-refractivity contribution in [2.24, 2.45) is 0 Å². The number of carboxylic acids is 1. The second kappa shape index (κ2) is 9.20. The fourth-order valence-electron chi connectivity index (χ4n) is 2.42. The maximum absolute atomic E-state index is 13.0. The highest BCUT2D eigenvalue weighted by Gasteiger charge is 2.28. The second-order valence-corrected chi connectivity index (χ2v) is 5.97. The first-order valence-corrected chi connectivity index (χ1v) is 8.17. The van der Waals surface area contributed by atoms with Gasteiger partial charge in [-0.15, -0.1) is 0 Å². The Hall–Kier alpha value is -3.10. The van der Waals surface area contributed by atoms with Crippen LogP contribution in [0.1, 0.15) is 17.0 Å². The molecule has 150 valence electrons. The monoisotopic (exact) mass is 399 g/mol. The highest BCUT2D eigenvalue weighted by molar-refractivity contribution is 5.81. The van der Waals surface area contributed by atoms with Gasteiger partial charge in [0, 0.05) is 6.54 Å². The van der Waals surface area contributed by atoms with Gasteiger partial charge in [0.25, 0.3) is 0 Å². The Morgan fingerprint density at radius 1 is 1.11 bits per heavy atom. The molecule has 9 heteroatoms. The molecule has 0 fully saturated rings. The van der Waals surface area contributed by atoms with E-state index in [1.807, 2.05) is 0 Å². The topological polar surface area (TPSA) is 75.6 Å². The lowest BCUT2D eigenvalue weighted by Crippen LogP contribution is -2.32. The molecule has 0 heterocycles. The number of carbonyl (C=O) groups is 2. The largest absolute Gasteiger partial charge is 0.484 e. The van der Waals surface area contributed by atoms with Gasteiger partial charge in [-0.05, 0) is 35.4 Å². The first kappa shape index (κ1) is 21.2. The first-order valence-electron chi connectivity index (χ1n) is 8.17. The molecule has 0 aliphatic rings. The fourth-order valence-corrected chi connectivity index (χ4v) is 2.42. The Labute approximate surface area is 157 Å². The summed E-state index contributed by atoms with van der Waals surface area (Å²) < 4.78 is 54.2. The van der Waals surface area contributed by atoms with E-state index >= 15 is 0 Å². The molecule has 0 saturated carbocycles. The van der Waals surface area contributed by atoms with Crippen LogP contribution < -0.4 is 10.1 Å². The van der Waals surface area contributed by atoms with Crippen molar-refractivity contribution < 1.29 is 37.0 Å². The van der Waals surface area contributed by atoms with Gasteiger partial charge in [-0.25, -0.2) is 4.39 Å². The van der Waals surface area contributed by atoms with Crippen molar-refractivity contribution in [2.45, 2.75) is 18.5 Å². The molecule has 28 heavy (non-hydrogen) atoms. The van der Waals surface area contributed by atoms with Crippen molar-refractivity contribution in [1.29, 1.82) is 0 Å². The molecule has 0 aromatic heterocycles. The third kappa shape index (κ3) is 6.90. The minimum Gasteiger partial charge on any atom is -0.484 e. The molecule has 2 rings (SSSR count). The highest BCUT2D eigenvalue weighted by atomic mass is 19.4. The zero-order valence-electron chi connectivity index (χ0n) is 14.5. The number of aliphatic carboxylic acids is 1. The number of hydrogen-bond acceptors (Lipinski definition) is 3. The Morgan fingerprint density at radius 3 is 2.39 bits per heavy atom. The molecule has 5 nitrogen and oxygen atoms in total. The number of carboxylic acid groups (broad SMARTS) is 1. The van der Waals surface area contributed by atoms with Crippen molar-refractivity contribution in [2.75, 3.05) is 13.2 Å². The van der Waals surface area contributed by atoms with Crippen LogP contribution >= 0.6 is 0 Å². The van der Waals surface area contributed by atoms with E-state index in [0.29, 0.717) is 11.1 Å². The van der Waals surface area contributed by atoms with Gasteiger partial charge in [0.1, 0.15) is 11.6 Å². The molecule has 0 bridgehead atoms. The maximum atomic E-state index is 13.0. The van der Waals surface area contributed by atoms with Gasteiger partial charge in [-0.3, -0.25) is 9.59 Å². The van der Waals surface area contributed by atoms with Crippen LogP contribution in [0.4, 0.5) is 17.6 Å². The van der Waals surface area contributed by atoms with Crippen LogP contribution in [0.2, 0.25) is 0 Å². The average molecular weight is 399 g/mol. The summed E-state index contributed by atoms with van der Waals surface area (Å²) in [7, 11) is 0. The summed E-state index contributed by atoms with van der Waals surface area (Å²) in [4.78, 5) is 23.5. The van der Waals surface area contributed by atoms with Crippen LogP contribution in [0.5, 0.6) is 5.75 Å². The van der Waals surface area contributed by atoms with Crippen molar-refractivity contribution in [1.82, 2.24) is 5.32 Å². The van der Waals surface area contributed by atoms with Crippen molar-refractivity contribution in [3.8, 4) is 5.75 Å². The van der Waals surface area contributed by atoms with E-state index in [2.05, 4.69) is 10.1 Å². The average Bonchev–Trinajstić information content (AvgIpc) is 2.61. The predicted molar refractivity (Wildman–Crippen MR) is 91.5 cm³/mol. The molecular formula is C19H17F4NO4. The van der Waals surface area contributed by atoms with Crippen molar-refractivity contribution >= 4 is 11.9 Å². The molecule has 0 spiro atoms. The normalized spacial score (nSPS) is 12.3. The summed E-state index contributed by atoms with van der Waals surface area (Å²) >= 11 is 0. The molecule has 2 aromatic carbocycles. The van der Waals surface area contributed by atoms with Gasteiger partial charge in [0.05, 0.1) is 12.3 Å². The summed E-state index contributed by atoms with van der Waals surface area (Å²) in [6, 6.07) is 10.5. The van der Waals surface area contributed by atoms with E-state index in [9.17, 15) is 32.3 Å².